The van der Waals surface area contributed by atoms with Crippen LogP contribution in [0, 0.1) is 0 Å². The Balaban J connectivity index is 2.96. The van der Waals surface area contributed by atoms with Gasteiger partial charge >= 0.3 is 0 Å². The molecule has 0 unspecified atom stereocenters. The first-order valence-corrected chi connectivity index (χ1v) is 11.2. The fraction of sp³-hybridized carbons (Fsp3) is 1.00. The molecule has 0 radical (unpaired) electrons. The third-order valence-corrected chi connectivity index (χ3v) is 4.11. The maximum absolute atomic E-state index is 8.53. The molecular formula is C20H42O7S. The Hall–Kier alpha value is 0.0700. The van der Waals surface area contributed by atoms with Gasteiger partial charge in [0.05, 0.1) is 79.3 Å². The fourth-order valence-corrected chi connectivity index (χ4v) is 2.51. The molecule has 0 spiro atoms. The van der Waals surface area contributed by atoms with Gasteiger partial charge in [0.25, 0.3) is 0 Å². The van der Waals surface area contributed by atoms with Gasteiger partial charge in [0.15, 0.2) is 0 Å². The van der Waals surface area contributed by atoms with E-state index in [2.05, 4.69) is 12.6 Å². The van der Waals surface area contributed by atoms with Gasteiger partial charge in [0, 0.05) is 6.61 Å². The van der Waals surface area contributed by atoms with Gasteiger partial charge in [-0.2, -0.15) is 12.6 Å². The van der Waals surface area contributed by atoms with Crippen LogP contribution in [0.25, 0.3) is 0 Å². The van der Waals surface area contributed by atoms with E-state index in [1.165, 1.54) is 32.1 Å². The molecule has 0 fully saturated rings. The lowest BCUT2D eigenvalue weighted by molar-refractivity contribution is -0.0182. The summed E-state index contributed by atoms with van der Waals surface area (Å²) in [4.78, 5) is 0. The molecule has 28 heavy (non-hydrogen) atoms. The van der Waals surface area contributed by atoms with Crippen LogP contribution in [0.1, 0.15) is 38.5 Å². The van der Waals surface area contributed by atoms with E-state index in [1.54, 1.807) is 0 Å². The highest BCUT2D eigenvalue weighted by molar-refractivity contribution is 7.80. The zero-order valence-corrected chi connectivity index (χ0v) is 18.4. The second-order valence-electron chi connectivity index (χ2n) is 6.24. The van der Waals surface area contributed by atoms with Crippen LogP contribution in [0.15, 0.2) is 0 Å². The topological polar surface area (TPSA) is 75.6 Å². The van der Waals surface area contributed by atoms with Crippen molar-refractivity contribution in [3.8, 4) is 0 Å². The van der Waals surface area contributed by atoms with Crippen LogP contribution in [-0.2, 0) is 28.4 Å². The maximum Gasteiger partial charge on any atom is 0.0701 e. The van der Waals surface area contributed by atoms with Gasteiger partial charge in [-0.25, -0.2) is 0 Å². The molecule has 0 aliphatic heterocycles. The van der Waals surface area contributed by atoms with E-state index in [0.29, 0.717) is 72.7 Å². The van der Waals surface area contributed by atoms with Crippen molar-refractivity contribution in [2.45, 2.75) is 38.5 Å². The van der Waals surface area contributed by atoms with E-state index >= 15 is 0 Å². The summed E-state index contributed by atoms with van der Waals surface area (Å²) in [6.45, 7) is 6.77. The Bertz CT molecular complexity index is 247. The zero-order valence-electron chi connectivity index (χ0n) is 17.5. The van der Waals surface area contributed by atoms with Crippen molar-refractivity contribution in [3.05, 3.63) is 0 Å². The number of ether oxygens (including phenoxy) is 6. The van der Waals surface area contributed by atoms with Crippen LogP contribution >= 0.6 is 12.6 Å². The molecule has 0 saturated carbocycles. The van der Waals surface area contributed by atoms with Gasteiger partial charge < -0.3 is 33.5 Å². The van der Waals surface area contributed by atoms with E-state index in [9.17, 15) is 0 Å². The number of aliphatic hydroxyl groups is 1. The standard InChI is InChI=1S/C20H42O7S/c21-7-9-23-11-13-25-15-17-27-19-18-26-16-14-24-12-10-22-8-5-3-1-2-4-6-20-28/h21,28H,1-20H2. The van der Waals surface area contributed by atoms with Crippen molar-refractivity contribution in [3.63, 3.8) is 0 Å². The molecule has 0 aliphatic rings. The molecule has 1 N–H and O–H groups in total. The average molecular weight is 427 g/mol. The smallest absolute Gasteiger partial charge is 0.0701 e. The van der Waals surface area contributed by atoms with Gasteiger partial charge in [0.2, 0.25) is 0 Å². The lowest BCUT2D eigenvalue weighted by Crippen LogP contribution is -2.14. The second kappa shape index (κ2) is 27.1. The van der Waals surface area contributed by atoms with Gasteiger partial charge in [0.1, 0.15) is 0 Å². The number of hydrogen-bond donors (Lipinski definition) is 2. The number of aliphatic hydroxyl groups excluding tert-OH is 1. The SMILES string of the molecule is OCCOCCOCCOCCOCCOCCOCCCCCCCCS. The Labute approximate surface area is 176 Å². The summed E-state index contributed by atoms with van der Waals surface area (Å²) in [5, 5.41) is 8.53. The van der Waals surface area contributed by atoms with Crippen molar-refractivity contribution < 1.29 is 33.5 Å². The van der Waals surface area contributed by atoms with E-state index in [0.717, 1.165) is 18.8 Å². The molecule has 7 nitrogen and oxygen atoms in total. The predicted molar refractivity (Wildman–Crippen MR) is 114 cm³/mol. The molecule has 0 aromatic rings. The van der Waals surface area contributed by atoms with Gasteiger partial charge in [-0.1, -0.05) is 25.7 Å². The molecule has 0 saturated heterocycles. The molecule has 0 heterocycles. The zero-order chi connectivity index (χ0) is 20.4. The van der Waals surface area contributed by atoms with Crippen LogP contribution in [0.3, 0.4) is 0 Å². The Morgan fingerprint density at radius 2 is 0.714 bits per heavy atom. The summed E-state index contributed by atoms with van der Waals surface area (Å²) < 4.78 is 32.2. The average Bonchev–Trinajstić information content (AvgIpc) is 2.71. The Kier molecular flexibility index (Phi) is 27.1. The molecular weight excluding hydrogens is 384 g/mol. The lowest BCUT2D eigenvalue weighted by atomic mass is 10.1. The molecule has 0 rings (SSSR count). The quantitative estimate of drug-likeness (QED) is 0.171. The molecule has 0 aromatic carbocycles. The van der Waals surface area contributed by atoms with Crippen molar-refractivity contribution in [1.82, 2.24) is 0 Å². The normalized spacial score (nSPS) is 11.4. The Morgan fingerprint density at radius 1 is 0.393 bits per heavy atom. The minimum absolute atomic E-state index is 0.0412. The second-order valence-corrected chi connectivity index (χ2v) is 6.69. The fourth-order valence-electron chi connectivity index (χ4n) is 2.29. The molecule has 0 atom stereocenters. The maximum atomic E-state index is 8.53. The number of thiol groups is 1. The summed E-state index contributed by atoms with van der Waals surface area (Å²) in [5.41, 5.74) is 0. The van der Waals surface area contributed by atoms with E-state index < -0.39 is 0 Å². The highest BCUT2D eigenvalue weighted by atomic mass is 32.1. The first kappa shape index (κ1) is 28.1. The predicted octanol–water partition coefficient (Wildman–Crippen LogP) is 2.35. The van der Waals surface area contributed by atoms with Crippen molar-refractivity contribution >= 4 is 12.6 Å². The lowest BCUT2D eigenvalue weighted by Gasteiger charge is -2.08. The molecule has 0 aromatic heterocycles. The minimum Gasteiger partial charge on any atom is -0.394 e. The third kappa shape index (κ3) is 26.1. The summed E-state index contributed by atoms with van der Waals surface area (Å²) >= 11 is 4.21. The Morgan fingerprint density at radius 3 is 1.11 bits per heavy atom. The van der Waals surface area contributed by atoms with Gasteiger partial charge in [-0.3, -0.25) is 0 Å². The van der Waals surface area contributed by atoms with E-state index in [1.807, 2.05) is 0 Å². The molecule has 0 amide bonds. The first-order valence-electron chi connectivity index (χ1n) is 10.6. The van der Waals surface area contributed by atoms with E-state index in [4.69, 9.17) is 33.5 Å². The summed E-state index contributed by atoms with van der Waals surface area (Å²) in [7, 11) is 0. The molecule has 170 valence electrons. The molecule has 0 aliphatic carbocycles. The van der Waals surface area contributed by atoms with Crippen LogP contribution in [0.4, 0.5) is 0 Å². The number of rotatable bonds is 25. The van der Waals surface area contributed by atoms with Crippen molar-refractivity contribution in [1.29, 1.82) is 0 Å². The van der Waals surface area contributed by atoms with E-state index in [-0.39, 0.29) is 6.61 Å². The monoisotopic (exact) mass is 426 g/mol. The summed E-state index contributed by atoms with van der Waals surface area (Å²) in [5.74, 6) is 1.00. The summed E-state index contributed by atoms with van der Waals surface area (Å²) in [6, 6.07) is 0. The van der Waals surface area contributed by atoms with Crippen LogP contribution in [0.2, 0.25) is 0 Å². The largest absolute Gasteiger partial charge is 0.394 e. The van der Waals surface area contributed by atoms with Crippen LogP contribution in [0.5, 0.6) is 0 Å². The number of unbranched alkanes of at least 4 members (excludes halogenated alkanes) is 5. The highest BCUT2D eigenvalue weighted by Gasteiger charge is 1.95. The van der Waals surface area contributed by atoms with Crippen molar-refractivity contribution in [2.75, 3.05) is 91.6 Å². The summed E-state index contributed by atoms with van der Waals surface area (Å²) in [6.07, 6.45) is 7.50. The highest BCUT2D eigenvalue weighted by Crippen LogP contribution is 2.05. The van der Waals surface area contributed by atoms with Crippen molar-refractivity contribution in [2.24, 2.45) is 0 Å². The van der Waals surface area contributed by atoms with Gasteiger partial charge in [-0.15, -0.1) is 0 Å². The third-order valence-electron chi connectivity index (χ3n) is 3.79. The van der Waals surface area contributed by atoms with Gasteiger partial charge in [-0.05, 0) is 18.6 Å². The first-order chi connectivity index (χ1) is 13.9. The molecule has 8 heteroatoms. The van der Waals surface area contributed by atoms with Crippen LogP contribution < -0.4 is 0 Å². The number of hydrogen-bond acceptors (Lipinski definition) is 8. The molecule has 0 bridgehead atoms. The van der Waals surface area contributed by atoms with Crippen LogP contribution in [-0.4, -0.2) is 96.7 Å². The minimum atomic E-state index is 0.0412.